The fourth-order valence-electron chi connectivity index (χ4n) is 2.99. The molecule has 2 rings (SSSR count). The average Bonchev–Trinajstić information content (AvgIpc) is 2.45. The number of rotatable bonds is 3. The van der Waals surface area contributed by atoms with Crippen LogP contribution in [-0.4, -0.2) is 37.3 Å². The van der Waals surface area contributed by atoms with E-state index in [1.54, 1.807) is 12.0 Å². The highest BCUT2D eigenvalue weighted by Gasteiger charge is 2.31. The van der Waals surface area contributed by atoms with Crippen molar-refractivity contribution in [3.8, 4) is 5.75 Å². The molecule has 1 aliphatic heterocycles. The fraction of sp³-hybridized carbons (Fsp3) is 0.611. The third kappa shape index (κ3) is 3.96. The van der Waals surface area contributed by atoms with E-state index in [1.807, 2.05) is 34.7 Å². The van der Waals surface area contributed by atoms with Gasteiger partial charge >= 0.3 is 6.09 Å². The molecule has 0 radical (unpaired) electrons. The summed E-state index contributed by atoms with van der Waals surface area (Å²) >= 11 is 0. The Kier molecular flexibility index (Phi) is 5.19. The molecule has 23 heavy (non-hydrogen) atoms. The van der Waals surface area contributed by atoms with E-state index in [0.717, 1.165) is 29.8 Å². The molecule has 1 amide bonds. The molecule has 128 valence electrons. The third-order valence-corrected chi connectivity index (χ3v) is 4.08. The van der Waals surface area contributed by atoms with Crippen LogP contribution in [-0.2, 0) is 17.7 Å². The number of amides is 1. The van der Waals surface area contributed by atoms with Crippen LogP contribution in [0.3, 0.4) is 0 Å². The predicted octanol–water partition coefficient (Wildman–Crippen LogP) is 3.27. The second kappa shape index (κ2) is 6.79. The number of benzene rings is 1. The minimum Gasteiger partial charge on any atom is -0.496 e. The topological polar surface area (TPSA) is 50.8 Å². The van der Waals surface area contributed by atoms with Gasteiger partial charge in [-0.2, -0.15) is 0 Å². The molecular weight excluding hydrogens is 292 g/mol. The quantitative estimate of drug-likeness (QED) is 0.928. The molecule has 0 bridgehead atoms. The van der Waals surface area contributed by atoms with Crippen molar-refractivity contribution in [2.75, 3.05) is 20.7 Å². The van der Waals surface area contributed by atoms with Crippen molar-refractivity contribution in [3.63, 3.8) is 0 Å². The SMILES string of the molecule is CNCc1cc2c(cc1OC)C(C)N(C(=O)OC(C)(C)C)CC2. The van der Waals surface area contributed by atoms with Gasteiger partial charge in [-0.1, -0.05) is 6.07 Å². The Labute approximate surface area is 139 Å². The standard InChI is InChI=1S/C18H28N2O3/c1-12-15-10-16(22-6)14(11-19-5)9-13(15)7-8-20(12)17(21)23-18(2,3)4/h9-10,12,19H,7-8,11H2,1-6H3. The first kappa shape index (κ1) is 17.6. The van der Waals surface area contributed by atoms with Gasteiger partial charge in [-0.25, -0.2) is 4.79 Å². The fourth-order valence-corrected chi connectivity index (χ4v) is 2.99. The van der Waals surface area contributed by atoms with Gasteiger partial charge in [0.1, 0.15) is 11.4 Å². The van der Waals surface area contributed by atoms with Crippen molar-refractivity contribution in [2.24, 2.45) is 0 Å². The molecule has 0 saturated heterocycles. The molecule has 0 aliphatic carbocycles. The van der Waals surface area contributed by atoms with E-state index in [4.69, 9.17) is 9.47 Å². The molecule has 1 aromatic rings. The van der Waals surface area contributed by atoms with Gasteiger partial charge in [0, 0.05) is 18.7 Å². The first-order valence-electron chi connectivity index (χ1n) is 8.10. The molecule has 5 nitrogen and oxygen atoms in total. The number of methoxy groups -OCH3 is 1. The Morgan fingerprint density at radius 1 is 1.39 bits per heavy atom. The van der Waals surface area contributed by atoms with Crippen LogP contribution in [0.1, 0.15) is 50.4 Å². The number of ether oxygens (including phenoxy) is 2. The first-order chi connectivity index (χ1) is 10.8. The lowest BCUT2D eigenvalue weighted by atomic mass is 9.91. The minimum absolute atomic E-state index is 0.0221. The van der Waals surface area contributed by atoms with E-state index in [-0.39, 0.29) is 12.1 Å². The van der Waals surface area contributed by atoms with Gasteiger partial charge in [0.15, 0.2) is 0 Å². The predicted molar refractivity (Wildman–Crippen MR) is 90.8 cm³/mol. The van der Waals surface area contributed by atoms with Gasteiger partial charge in [-0.05, 0) is 58.4 Å². The van der Waals surface area contributed by atoms with Crippen LogP contribution >= 0.6 is 0 Å². The number of carbonyl (C=O) groups is 1. The maximum absolute atomic E-state index is 12.4. The molecule has 0 spiro atoms. The van der Waals surface area contributed by atoms with E-state index in [0.29, 0.717) is 6.54 Å². The van der Waals surface area contributed by atoms with Crippen LogP contribution in [0.4, 0.5) is 4.79 Å². The number of fused-ring (bicyclic) bond motifs is 1. The average molecular weight is 320 g/mol. The number of carbonyl (C=O) groups excluding carboxylic acids is 1. The van der Waals surface area contributed by atoms with Gasteiger partial charge in [0.05, 0.1) is 13.2 Å². The lowest BCUT2D eigenvalue weighted by Crippen LogP contribution is -2.42. The Morgan fingerprint density at radius 2 is 2.09 bits per heavy atom. The summed E-state index contributed by atoms with van der Waals surface area (Å²) in [6, 6.07) is 4.22. The number of nitrogens with zero attached hydrogens (tertiary/aromatic N) is 1. The molecular formula is C18H28N2O3. The summed E-state index contributed by atoms with van der Waals surface area (Å²) in [5.41, 5.74) is 3.08. The molecule has 0 aromatic heterocycles. The van der Waals surface area contributed by atoms with Crippen LogP contribution in [0.5, 0.6) is 5.75 Å². The lowest BCUT2D eigenvalue weighted by Gasteiger charge is -2.36. The molecule has 1 N–H and O–H groups in total. The smallest absolute Gasteiger partial charge is 0.410 e. The monoisotopic (exact) mass is 320 g/mol. The van der Waals surface area contributed by atoms with Crippen molar-refractivity contribution < 1.29 is 14.3 Å². The van der Waals surface area contributed by atoms with Crippen molar-refractivity contribution >= 4 is 6.09 Å². The minimum atomic E-state index is -0.481. The van der Waals surface area contributed by atoms with Crippen molar-refractivity contribution in [1.82, 2.24) is 10.2 Å². The van der Waals surface area contributed by atoms with E-state index in [9.17, 15) is 4.79 Å². The summed E-state index contributed by atoms with van der Waals surface area (Å²) in [6.45, 7) is 9.15. The van der Waals surface area contributed by atoms with Gasteiger partial charge < -0.3 is 19.7 Å². The molecule has 1 unspecified atom stereocenters. The van der Waals surface area contributed by atoms with Crippen LogP contribution in [0.2, 0.25) is 0 Å². The van der Waals surface area contributed by atoms with E-state index >= 15 is 0 Å². The van der Waals surface area contributed by atoms with Gasteiger partial charge in [-0.15, -0.1) is 0 Å². The van der Waals surface area contributed by atoms with Gasteiger partial charge in [-0.3, -0.25) is 0 Å². The zero-order valence-electron chi connectivity index (χ0n) is 15.0. The third-order valence-electron chi connectivity index (χ3n) is 4.08. The Hall–Kier alpha value is -1.75. The van der Waals surface area contributed by atoms with Crippen LogP contribution in [0.25, 0.3) is 0 Å². The summed E-state index contributed by atoms with van der Waals surface area (Å²) in [5.74, 6) is 0.857. The summed E-state index contributed by atoms with van der Waals surface area (Å²) in [6.07, 6.45) is 0.577. The lowest BCUT2D eigenvalue weighted by molar-refractivity contribution is 0.0159. The summed E-state index contributed by atoms with van der Waals surface area (Å²) in [7, 11) is 3.60. The van der Waals surface area contributed by atoms with E-state index < -0.39 is 5.60 Å². The summed E-state index contributed by atoms with van der Waals surface area (Å²) in [5, 5.41) is 3.16. The van der Waals surface area contributed by atoms with Crippen molar-refractivity contribution in [2.45, 2.75) is 52.3 Å². The van der Waals surface area contributed by atoms with Crippen molar-refractivity contribution in [1.29, 1.82) is 0 Å². The highest BCUT2D eigenvalue weighted by atomic mass is 16.6. The molecule has 1 aromatic carbocycles. The number of nitrogens with one attached hydrogen (secondary N) is 1. The highest BCUT2D eigenvalue weighted by Crippen LogP contribution is 2.35. The molecule has 0 saturated carbocycles. The molecule has 1 aliphatic rings. The molecule has 0 fully saturated rings. The second-order valence-electron chi connectivity index (χ2n) is 6.99. The maximum Gasteiger partial charge on any atom is 0.410 e. The first-order valence-corrected chi connectivity index (χ1v) is 8.10. The number of hydrogen-bond donors (Lipinski definition) is 1. The summed E-state index contributed by atoms with van der Waals surface area (Å²) in [4.78, 5) is 14.2. The van der Waals surface area contributed by atoms with Gasteiger partial charge in [0.25, 0.3) is 0 Å². The highest BCUT2D eigenvalue weighted by molar-refractivity contribution is 5.69. The maximum atomic E-state index is 12.4. The van der Waals surface area contributed by atoms with E-state index in [2.05, 4.69) is 17.4 Å². The molecule has 5 heteroatoms. The Morgan fingerprint density at radius 3 is 2.65 bits per heavy atom. The Bertz CT molecular complexity index is 578. The van der Waals surface area contributed by atoms with Gasteiger partial charge in [0.2, 0.25) is 0 Å². The Balaban J connectivity index is 2.28. The van der Waals surface area contributed by atoms with Crippen molar-refractivity contribution in [3.05, 3.63) is 28.8 Å². The van der Waals surface area contributed by atoms with Crippen LogP contribution in [0.15, 0.2) is 12.1 Å². The zero-order chi connectivity index (χ0) is 17.2. The van der Waals surface area contributed by atoms with Crippen LogP contribution in [0, 0.1) is 0 Å². The number of hydrogen-bond acceptors (Lipinski definition) is 4. The normalized spacial score (nSPS) is 17.7. The second-order valence-corrected chi connectivity index (χ2v) is 6.99. The van der Waals surface area contributed by atoms with Crippen LogP contribution < -0.4 is 10.1 Å². The van der Waals surface area contributed by atoms with E-state index in [1.165, 1.54) is 5.56 Å². The zero-order valence-corrected chi connectivity index (χ0v) is 15.0. The summed E-state index contributed by atoms with van der Waals surface area (Å²) < 4.78 is 11.0. The molecule has 1 atom stereocenters. The molecule has 1 heterocycles. The largest absolute Gasteiger partial charge is 0.496 e.